The van der Waals surface area contributed by atoms with E-state index in [4.69, 9.17) is 0 Å². The predicted molar refractivity (Wildman–Crippen MR) is 82.4 cm³/mol. The number of amides is 1. The number of nitrogens with zero attached hydrogens (tertiary/aromatic N) is 3. The van der Waals surface area contributed by atoms with Crippen molar-refractivity contribution in [3.63, 3.8) is 0 Å². The van der Waals surface area contributed by atoms with E-state index in [1.54, 1.807) is 12.1 Å². The van der Waals surface area contributed by atoms with Gasteiger partial charge in [0, 0.05) is 11.8 Å². The third kappa shape index (κ3) is 4.34. The molecule has 3 rings (SSSR count). The number of aromatic nitrogens is 3. The Labute approximate surface area is 139 Å². The highest BCUT2D eigenvalue weighted by Gasteiger charge is 2.31. The first kappa shape index (κ1) is 16.5. The molecule has 0 fully saturated rings. The summed E-state index contributed by atoms with van der Waals surface area (Å²) in [5, 5.41) is 10.1. The Morgan fingerprint density at radius 1 is 1.08 bits per heavy atom. The fraction of sp³-hybridized carbons (Fsp3) is 0.0625. The van der Waals surface area contributed by atoms with Gasteiger partial charge in [0.2, 0.25) is 0 Å². The molecule has 0 aliphatic carbocycles. The van der Waals surface area contributed by atoms with Gasteiger partial charge >= 0.3 is 6.36 Å². The van der Waals surface area contributed by atoms with Crippen molar-refractivity contribution in [2.24, 2.45) is 0 Å². The van der Waals surface area contributed by atoms with Gasteiger partial charge in [0.1, 0.15) is 5.75 Å². The molecule has 0 aliphatic heterocycles. The van der Waals surface area contributed by atoms with Crippen molar-refractivity contribution in [1.29, 1.82) is 0 Å². The molecular weight excluding hydrogens is 337 g/mol. The normalized spacial score (nSPS) is 11.2. The van der Waals surface area contributed by atoms with E-state index >= 15 is 0 Å². The van der Waals surface area contributed by atoms with Crippen molar-refractivity contribution < 1.29 is 22.7 Å². The first-order valence-electron chi connectivity index (χ1n) is 7.06. The summed E-state index contributed by atoms with van der Waals surface area (Å²) in [6.45, 7) is 0. The van der Waals surface area contributed by atoms with Crippen LogP contribution in [-0.4, -0.2) is 27.3 Å². The Balaban J connectivity index is 1.73. The van der Waals surface area contributed by atoms with Crippen LogP contribution in [0.5, 0.6) is 5.75 Å². The number of anilines is 1. The number of ether oxygens (including phenoxy) is 1. The first-order valence-corrected chi connectivity index (χ1v) is 7.06. The number of hydrogen-bond donors (Lipinski definition) is 1. The van der Waals surface area contributed by atoms with E-state index in [0.717, 1.165) is 17.8 Å². The molecule has 9 heteroatoms. The molecular formula is C16H11F3N4O2. The van der Waals surface area contributed by atoms with Gasteiger partial charge in [-0.05, 0) is 24.3 Å². The van der Waals surface area contributed by atoms with Gasteiger partial charge in [-0.3, -0.25) is 4.79 Å². The van der Waals surface area contributed by atoms with Gasteiger partial charge in [-0.25, -0.2) is 4.68 Å². The number of rotatable bonds is 4. The standard InChI is InChI=1S/C16H11F3N4O2/c17-16(18,19)25-13-8-4-5-11(9-13)20-15(24)14-10-23(22-21-14)12-6-2-1-3-7-12/h1-10H,(H,20,24). The molecule has 0 saturated carbocycles. The average molecular weight is 348 g/mol. The molecule has 3 aromatic rings. The van der Waals surface area contributed by atoms with E-state index in [1.807, 2.05) is 18.2 Å². The SMILES string of the molecule is O=C(Nc1cccc(OC(F)(F)F)c1)c1cn(-c2ccccc2)nn1. The Morgan fingerprint density at radius 2 is 1.84 bits per heavy atom. The molecule has 0 radical (unpaired) electrons. The third-order valence-electron chi connectivity index (χ3n) is 3.07. The molecule has 1 N–H and O–H groups in total. The highest BCUT2D eigenvalue weighted by atomic mass is 19.4. The highest BCUT2D eigenvalue weighted by Crippen LogP contribution is 2.25. The maximum Gasteiger partial charge on any atom is 0.573 e. The van der Waals surface area contributed by atoms with Gasteiger partial charge in [-0.2, -0.15) is 0 Å². The smallest absolute Gasteiger partial charge is 0.406 e. The van der Waals surface area contributed by atoms with Gasteiger partial charge in [0.25, 0.3) is 5.91 Å². The van der Waals surface area contributed by atoms with Crippen LogP contribution in [0, 0.1) is 0 Å². The van der Waals surface area contributed by atoms with Gasteiger partial charge in [0.15, 0.2) is 5.69 Å². The zero-order valence-electron chi connectivity index (χ0n) is 12.6. The second kappa shape index (κ2) is 6.63. The van der Waals surface area contributed by atoms with Crippen molar-refractivity contribution in [2.45, 2.75) is 6.36 Å². The molecule has 0 spiro atoms. The number of para-hydroxylation sites is 1. The lowest BCUT2D eigenvalue weighted by Gasteiger charge is -2.10. The third-order valence-corrected chi connectivity index (χ3v) is 3.07. The Morgan fingerprint density at radius 3 is 2.56 bits per heavy atom. The second-order valence-electron chi connectivity index (χ2n) is 4.91. The topological polar surface area (TPSA) is 69.0 Å². The Hall–Kier alpha value is -3.36. The molecule has 0 atom stereocenters. The summed E-state index contributed by atoms with van der Waals surface area (Å²) in [7, 11) is 0. The van der Waals surface area contributed by atoms with Gasteiger partial charge in [0.05, 0.1) is 11.9 Å². The van der Waals surface area contributed by atoms with E-state index in [9.17, 15) is 18.0 Å². The van der Waals surface area contributed by atoms with E-state index in [1.165, 1.54) is 23.0 Å². The molecule has 0 unspecified atom stereocenters. The number of carbonyl (C=O) groups is 1. The number of hydrogen-bond acceptors (Lipinski definition) is 4. The Kier molecular flexibility index (Phi) is 4.38. The first-order chi connectivity index (χ1) is 11.9. The van der Waals surface area contributed by atoms with E-state index in [-0.39, 0.29) is 11.4 Å². The van der Waals surface area contributed by atoms with E-state index in [0.29, 0.717) is 0 Å². The van der Waals surface area contributed by atoms with Gasteiger partial charge in [-0.1, -0.05) is 29.5 Å². The summed E-state index contributed by atoms with van der Waals surface area (Å²) in [6.07, 6.45) is -3.39. The van der Waals surface area contributed by atoms with Crippen LogP contribution in [0.4, 0.5) is 18.9 Å². The molecule has 1 aromatic heterocycles. The minimum Gasteiger partial charge on any atom is -0.406 e. The zero-order chi connectivity index (χ0) is 17.9. The lowest BCUT2D eigenvalue weighted by molar-refractivity contribution is -0.274. The molecule has 25 heavy (non-hydrogen) atoms. The molecule has 0 saturated heterocycles. The quantitative estimate of drug-likeness (QED) is 0.784. The lowest BCUT2D eigenvalue weighted by atomic mass is 10.3. The van der Waals surface area contributed by atoms with E-state index in [2.05, 4.69) is 20.4 Å². The molecule has 0 bridgehead atoms. The van der Waals surface area contributed by atoms with Crippen LogP contribution >= 0.6 is 0 Å². The van der Waals surface area contributed by atoms with Crippen molar-refractivity contribution in [2.75, 3.05) is 5.32 Å². The van der Waals surface area contributed by atoms with E-state index < -0.39 is 18.0 Å². The molecule has 2 aromatic carbocycles. The average Bonchev–Trinajstić information content (AvgIpc) is 3.04. The summed E-state index contributed by atoms with van der Waals surface area (Å²) in [6, 6.07) is 14.0. The molecule has 0 aliphatic rings. The van der Waals surface area contributed by atoms with Gasteiger partial charge in [-0.15, -0.1) is 18.3 Å². The van der Waals surface area contributed by atoms with Crippen molar-refractivity contribution >= 4 is 11.6 Å². The fourth-order valence-electron chi connectivity index (χ4n) is 2.04. The summed E-state index contributed by atoms with van der Waals surface area (Å²) < 4.78 is 41.9. The largest absolute Gasteiger partial charge is 0.573 e. The maximum atomic E-state index is 12.2. The fourth-order valence-corrected chi connectivity index (χ4v) is 2.04. The summed E-state index contributed by atoms with van der Waals surface area (Å²) in [4.78, 5) is 12.2. The molecule has 1 heterocycles. The van der Waals surface area contributed by atoms with Crippen LogP contribution in [0.3, 0.4) is 0 Å². The number of carbonyl (C=O) groups excluding carboxylic acids is 1. The molecule has 128 valence electrons. The second-order valence-corrected chi connectivity index (χ2v) is 4.91. The van der Waals surface area contributed by atoms with Crippen LogP contribution in [0.2, 0.25) is 0 Å². The van der Waals surface area contributed by atoms with Crippen molar-refractivity contribution in [1.82, 2.24) is 15.0 Å². The van der Waals surface area contributed by atoms with Crippen LogP contribution in [-0.2, 0) is 0 Å². The van der Waals surface area contributed by atoms with Crippen LogP contribution in [0.15, 0.2) is 60.8 Å². The summed E-state index contributed by atoms with van der Waals surface area (Å²) >= 11 is 0. The lowest BCUT2D eigenvalue weighted by Crippen LogP contribution is -2.17. The Bertz CT molecular complexity index is 878. The number of halogens is 3. The zero-order valence-corrected chi connectivity index (χ0v) is 12.6. The summed E-state index contributed by atoms with van der Waals surface area (Å²) in [5.41, 5.74) is 0.877. The number of alkyl halides is 3. The van der Waals surface area contributed by atoms with Crippen LogP contribution < -0.4 is 10.1 Å². The number of benzene rings is 2. The minimum atomic E-state index is -4.80. The van der Waals surface area contributed by atoms with Crippen LogP contribution in [0.25, 0.3) is 5.69 Å². The predicted octanol–water partition coefficient (Wildman–Crippen LogP) is 3.42. The van der Waals surface area contributed by atoms with Gasteiger partial charge < -0.3 is 10.1 Å². The minimum absolute atomic E-state index is 0.0194. The van der Waals surface area contributed by atoms with Crippen molar-refractivity contribution in [3.05, 3.63) is 66.5 Å². The molecule has 6 nitrogen and oxygen atoms in total. The summed E-state index contributed by atoms with van der Waals surface area (Å²) in [5.74, 6) is -1.04. The monoisotopic (exact) mass is 348 g/mol. The van der Waals surface area contributed by atoms with Crippen LogP contribution in [0.1, 0.15) is 10.5 Å². The maximum absolute atomic E-state index is 12.2. The number of nitrogens with one attached hydrogen (secondary N) is 1. The highest BCUT2D eigenvalue weighted by molar-refractivity contribution is 6.02. The van der Waals surface area contributed by atoms with Crippen molar-refractivity contribution in [3.8, 4) is 11.4 Å². The molecule has 1 amide bonds.